The van der Waals surface area contributed by atoms with E-state index in [1.807, 2.05) is 0 Å². The van der Waals surface area contributed by atoms with E-state index in [9.17, 15) is 18.4 Å². The van der Waals surface area contributed by atoms with Gasteiger partial charge in [-0.2, -0.15) is 0 Å². The first-order valence-electron chi connectivity index (χ1n) is 8.81. The summed E-state index contributed by atoms with van der Waals surface area (Å²) in [6.45, 7) is 7.65. The molecule has 0 aromatic carbocycles. The first kappa shape index (κ1) is 19.7. The van der Waals surface area contributed by atoms with Crippen LogP contribution >= 0.6 is 11.3 Å². The molecule has 148 valence electrons. The second-order valence-corrected chi connectivity index (χ2v) is 8.31. The van der Waals surface area contributed by atoms with Crippen molar-refractivity contribution >= 4 is 32.8 Å². The molecule has 0 saturated carbocycles. The van der Waals surface area contributed by atoms with Gasteiger partial charge >= 0.3 is 5.97 Å². The van der Waals surface area contributed by atoms with Crippen molar-refractivity contribution in [1.29, 1.82) is 0 Å². The van der Waals surface area contributed by atoms with Crippen molar-refractivity contribution in [2.45, 2.75) is 65.1 Å². The molecule has 1 aliphatic heterocycles. The highest BCUT2D eigenvalue weighted by molar-refractivity contribution is 7.21. The standard InChI is InChI=1S/C17H22F2N4O3S/c1-5-22-12(11(18)19)21-13-10(14(22)24)20-16(27-13)23-8-6-7-9(23)15(25)26-17(2,3)4/h9,11H,5-8H2,1-4H3/t9-/m1/s1. The predicted molar refractivity (Wildman–Crippen MR) is 98.5 cm³/mol. The van der Waals surface area contributed by atoms with E-state index in [1.165, 1.54) is 0 Å². The minimum Gasteiger partial charge on any atom is -0.458 e. The molecule has 1 atom stereocenters. The minimum absolute atomic E-state index is 0.0519. The van der Waals surface area contributed by atoms with Gasteiger partial charge in [-0.1, -0.05) is 11.3 Å². The van der Waals surface area contributed by atoms with Gasteiger partial charge in [-0.15, -0.1) is 0 Å². The predicted octanol–water partition coefficient (Wildman–Crippen LogP) is 3.12. The first-order valence-corrected chi connectivity index (χ1v) is 9.63. The van der Waals surface area contributed by atoms with E-state index in [0.717, 1.165) is 22.3 Å². The third kappa shape index (κ3) is 3.80. The third-order valence-corrected chi connectivity index (χ3v) is 5.21. The zero-order valence-electron chi connectivity index (χ0n) is 15.7. The highest BCUT2D eigenvalue weighted by Gasteiger charge is 2.36. The Bertz CT molecular complexity index is 919. The molecule has 2 aromatic heterocycles. The maximum absolute atomic E-state index is 13.2. The van der Waals surface area contributed by atoms with Crippen LogP contribution in [0.3, 0.4) is 0 Å². The molecule has 1 saturated heterocycles. The molecule has 2 aromatic rings. The molecule has 7 nitrogen and oxygen atoms in total. The number of anilines is 1. The smallest absolute Gasteiger partial charge is 0.329 e. The van der Waals surface area contributed by atoms with Crippen LogP contribution in [0.5, 0.6) is 0 Å². The summed E-state index contributed by atoms with van der Waals surface area (Å²) in [5, 5.41) is 0.428. The minimum atomic E-state index is -2.85. The molecule has 0 radical (unpaired) electrons. The van der Waals surface area contributed by atoms with Crippen molar-refractivity contribution in [3.8, 4) is 0 Å². The lowest BCUT2D eigenvalue weighted by atomic mass is 10.1. The average Bonchev–Trinajstić information content (AvgIpc) is 3.19. The van der Waals surface area contributed by atoms with Crippen molar-refractivity contribution in [3.63, 3.8) is 0 Å². The molecule has 0 spiro atoms. The monoisotopic (exact) mass is 400 g/mol. The maximum Gasteiger partial charge on any atom is 0.329 e. The molecule has 3 rings (SSSR count). The van der Waals surface area contributed by atoms with E-state index in [2.05, 4.69) is 9.97 Å². The van der Waals surface area contributed by atoms with E-state index >= 15 is 0 Å². The number of carbonyl (C=O) groups is 1. The Hall–Kier alpha value is -2.10. The van der Waals surface area contributed by atoms with Crippen LogP contribution in [0.2, 0.25) is 0 Å². The normalized spacial score (nSPS) is 17.9. The molecule has 1 aliphatic rings. The number of fused-ring (bicyclic) bond motifs is 1. The summed E-state index contributed by atoms with van der Waals surface area (Å²) in [6, 6.07) is -0.507. The highest BCUT2D eigenvalue weighted by Crippen LogP contribution is 2.33. The molecule has 1 fully saturated rings. The topological polar surface area (TPSA) is 77.3 Å². The summed E-state index contributed by atoms with van der Waals surface area (Å²) < 4.78 is 32.9. The fraction of sp³-hybridized carbons (Fsp3) is 0.647. The fourth-order valence-electron chi connectivity index (χ4n) is 3.12. The number of aromatic nitrogens is 3. The molecule has 27 heavy (non-hydrogen) atoms. The number of nitrogens with zero attached hydrogens (tertiary/aromatic N) is 4. The summed E-state index contributed by atoms with van der Waals surface area (Å²) in [5.41, 5.74) is -1.15. The van der Waals surface area contributed by atoms with Crippen LogP contribution in [0.25, 0.3) is 10.3 Å². The summed E-state index contributed by atoms with van der Waals surface area (Å²) in [4.78, 5) is 35.3. The van der Waals surface area contributed by atoms with Crippen LogP contribution in [-0.2, 0) is 16.1 Å². The Morgan fingerprint density at radius 1 is 1.37 bits per heavy atom. The Balaban J connectivity index is 2.01. The molecule has 3 heterocycles. The number of alkyl halides is 2. The van der Waals surface area contributed by atoms with Crippen molar-refractivity contribution in [3.05, 3.63) is 16.2 Å². The molecular weight excluding hydrogens is 378 g/mol. The number of hydrogen-bond acceptors (Lipinski definition) is 7. The van der Waals surface area contributed by atoms with Gasteiger partial charge in [-0.05, 0) is 40.5 Å². The molecule has 0 N–H and O–H groups in total. The van der Waals surface area contributed by atoms with Crippen LogP contribution in [0.1, 0.15) is 52.8 Å². The Kier molecular flexibility index (Phi) is 5.20. The summed E-state index contributed by atoms with van der Waals surface area (Å²) in [6.07, 6.45) is -1.47. The lowest BCUT2D eigenvalue weighted by Gasteiger charge is -2.26. The summed E-state index contributed by atoms with van der Waals surface area (Å²) in [5.74, 6) is -0.915. The number of esters is 1. The van der Waals surface area contributed by atoms with Crippen LogP contribution in [0.15, 0.2) is 4.79 Å². The van der Waals surface area contributed by atoms with E-state index in [1.54, 1.807) is 32.6 Å². The van der Waals surface area contributed by atoms with Crippen LogP contribution in [0.4, 0.5) is 13.9 Å². The molecule has 0 bridgehead atoms. The Labute approximate surface area is 159 Å². The largest absolute Gasteiger partial charge is 0.458 e. The Morgan fingerprint density at radius 2 is 2.07 bits per heavy atom. The first-order chi connectivity index (χ1) is 12.6. The lowest BCUT2D eigenvalue weighted by Crippen LogP contribution is -2.40. The second-order valence-electron chi connectivity index (χ2n) is 7.36. The number of hydrogen-bond donors (Lipinski definition) is 0. The van der Waals surface area contributed by atoms with Crippen molar-refractivity contribution in [2.24, 2.45) is 0 Å². The number of thiazole rings is 1. The van der Waals surface area contributed by atoms with Gasteiger partial charge in [0.05, 0.1) is 0 Å². The van der Waals surface area contributed by atoms with E-state index in [-0.39, 0.29) is 22.9 Å². The summed E-state index contributed by atoms with van der Waals surface area (Å²) in [7, 11) is 0. The van der Waals surface area contributed by atoms with Gasteiger partial charge in [0.2, 0.25) is 0 Å². The average molecular weight is 400 g/mol. The number of carbonyl (C=O) groups excluding carboxylic acids is 1. The van der Waals surface area contributed by atoms with Gasteiger partial charge < -0.3 is 9.64 Å². The number of halogens is 2. The van der Waals surface area contributed by atoms with E-state index in [0.29, 0.717) is 18.1 Å². The zero-order valence-corrected chi connectivity index (χ0v) is 16.5. The van der Waals surface area contributed by atoms with Crippen molar-refractivity contribution < 1.29 is 18.3 Å². The van der Waals surface area contributed by atoms with Gasteiger partial charge in [-0.3, -0.25) is 9.36 Å². The molecule has 0 amide bonds. The quantitative estimate of drug-likeness (QED) is 0.734. The summed E-state index contributed by atoms with van der Waals surface area (Å²) >= 11 is 1.05. The van der Waals surface area contributed by atoms with Crippen molar-refractivity contribution in [2.75, 3.05) is 11.4 Å². The number of rotatable bonds is 4. The highest BCUT2D eigenvalue weighted by atomic mass is 32.1. The van der Waals surface area contributed by atoms with E-state index in [4.69, 9.17) is 4.74 Å². The molecule has 0 unspecified atom stereocenters. The van der Waals surface area contributed by atoms with Gasteiger partial charge in [-0.25, -0.2) is 23.5 Å². The molecule has 0 aliphatic carbocycles. The van der Waals surface area contributed by atoms with Gasteiger partial charge in [0.25, 0.3) is 12.0 Å². The third-order valence-electron chi connectivity index (χ3n) is 4.23. The fourth-order valence-corrected chi connectivity index (χ4v) is 4.13. The van der Waals surface area contributed by atoms with Gasteiger partial charge in [0, 0.05) is 13.1 Å². The van der Waals surface area contributed by atoms with Gasteiger partial charge in [0.1, 0.15) is 11.6 Å². The van der Waals surface area contributed by atoms with Crippen LogP contribution in [-0.4, -0.2) is 38.7 Å². The zero-order chi connectivity index (χ0) is 19.9. The SMILES string of the molecule is CCn1c(C(F)F)nc2sc(N3CCC[C@@H]3C(=O)OC(C)(C)C)nc2c1=O. The van der Waals surface area contributed by atoms with Crippen LogP contribution < -0.4 is 10.5 Å². The lowest BCUT2D eigenvalue weighted by molar-refractivity contribution is -0.156. The maximum atomic E-state index is 13.2. The van der Waals surface area contributed by atoms with E-state index < -0.39 is 29.5 Å². The number of ether oxygens (including phenoxy) is 1. The van der Waals surface area contributed by atoms with Crippen LogP contribution in [0, 0.1) is 0 Å². The molecular formula is C17H22F2N4O3S. The Morgan fingerprint density at radius 3 is 2.67 bits per heavy atom. The van der Waals surface area contributed by atoms with Gasteiger partial charge in [0.15, 0.2) is 21.3 Å². The van der Waals surface area contributed by atoms with Crippen molar-refractivity contribution in [1.82, 2.24) is 14.5 Å². The second kappa shape index (κ2) is 7.14. The molecule has 10 heteroatoms.